The van der Waals surface area contributed by atoms with Crippen LogP contribution in [-0.4, -0.2) is 19.9 Å². The molecular weight excluding hydrogens is 320 g/mol. The van der Waals surface area contributed by atoms with E-state index in [9.17, 15) is 8.42 Å². The molecule has 5 nitrogen and oxygen atoms in total. The predicted octanol–water partition coefficient (Wildman–Crippen LogP) is 2.85. The Morgan fingerprint density at radius 3 is 2.77 bits per heavy atom. The number of thiophene rings is 1. The fourth-order valence-electron chi connectivity index (χ4n) is 2.10. The Bertz CT molecular complexity index is 764. The van der Waals surface area contributed by atoms with Crippen molar-refractivity contribution < 1.29 is 12.8 Å². The number of sulfonamides is 1. The zero-order valence-electron chi connectivity index (χ0n) is 11.5. The molecule has 0 aliphatic carbocycles. The summed E-state index contributed by atoms with van der Waals surface area (Å²) in [4.78, 5) is 5.04. The highest BCUT2D eigenvalue weighted by Crippen LogP contribution is 2.28. The van der Waals surface area contributed by atoms with E-state index in [2.05, 4.69) is 9.71 Å². The van der Waals surface area contributed by atoms with Gasteiger partial charge < -0.3 is 4.42 Å². The average molecular weight is 334 g/mol. The molecule has 0 amide bonds. The van der Waals surface area contributed by atoms with E-state index in [4.69, 9.17) is 4.42 Å². The monoisotopic (exact) mass is 334 g/mol. The Kier molecular flexibility index (Phi) is 4.37. The summed E-state index contributed by atoms with van der Waals surface area (Å²) in [6.07, 6.45) is 4.46. The van der Waals surface area contributed by atoms with Crippen molar-refractivity contribution in [3.8, 4) is 0 Å². The van der Waals surface area contributed by atoms with E-state index in [1.165, 1.54) is 18.5 Å². The van der Waals surface area contributed by atoms with Crippen LogP contribution in [-0.2, 0) is 10.0 Å². The van der Waals surface area contributed by atoms with Crippen molar-refractivity contribution in [2.24, 2.45) is 0 Å². The number of hydrogen-bond donors (Lipinski definition) is 1. The Morgan fingerprint density at radius 2 is 2.14 bits per heavy atom. The van der Waals surface area contributed by atoms with Crippen LogP contribution in [0.5, 0.6) is 0 Å². The molecular formula is C15H14N2O3S2. The molecule has 3 aromatic rings. The molecule has 3 aromatic heterocycles. The van der Waals surface area contributed by atoms with Crippen LogP contribution >= 0.6 is 11.3 Å². The quantitative estimate of drug-likeness (QED) is 0.752. The lowest BCUT2D eigenvalue weighted by molar-refractivity contribution is 0.483. The molecule has 0 fully saturated rings. The van der Waals surface area contributed by atoms with Crippen molar-refractivity contribution in [3.05, 3.63) is 71.1 Å². The third-order valence-electron chi connectivity index (χ3n) is 3.20. The zero-order chi connectivity index (χ0) is 15.4. The van der Waals surface area contributed by atoms with Gasteiger partial charge in [0.05, 0.1) is 12.2 Å². The molecule has 114 valence electrons. The molecule has 1 atom stereocenters. The lowest BCUT2D eigenvalue weighted by Crippen LogP contribution is -2.28. The van der Waals surface area contributed by atoms with Crippen molar-refractivity contribution in [2.45, 2.75) is 10.8 Å². The highest BCUT2D eigenvalue weighted by atomic mass is 32.2. The molecule has 0 spiro atoms. The van der Waals surface area contributed by atoms with Crippen LogP contribution in [0.25, 0.3) is 0 Å². The van der Waals surface area contributed by atoms with Gasteiger partial charge in [-0.1, -0.05) is 6.07 Å². The average Bonchev–Trinajstić information content (AvgIpc) is 3.22. The molecule has 0 aliphatic heterocycles. The van der Waals surface area contributed by atoms with Crippen molar-refractivity contribution in [1.29, 1.82) is 0 Å². The molecule has 22 heavy (non-hydrogen) atoms. The molecule has 0 aromatic carbocycles. The van der Waals surface area contributed by atoms with Gasteiger partial charge in [-0.25, -0.2) is 13.1 Å². The fourth-order valence-corrected chi connectivity index (χ4v) is 3.95. The molecule has 0 bridgehead atoms. The van der Waals surface area contributed by atoms with Crippen LogP contribution in [0.15, 0.2) is 69.7 Å². The first-order valence-corrected chi connectivity index (χ1v) is 8.99. The van der Waals surface area contributed by atoms with E-state index in [1.54, 1.807) is 29.7 Å². The number of nitrogens with zero attached hydrogens (tertiary/aromatic N) is 1. The van der Waals surface area contributed by atoms with Crippen LogP contribution < -0.4 is 4.72 Å². The Morgan fingerprint density at radius 1 is 1.23 bits per heavy atom. The highest BCUT2D eigenvalue weighted by Gasteiger charge is 2.22. The van der Waals surface area contributed by atoms with Gasteiger partial charge in [-0.15, -0.1) is 11.3 Å². The summed E-state index contributed by atoms with van der Waals surface area (Å²) in [6, 6.07) is 10.7. The van der Waals surface area contributed by atoms with Crippen molar-refractivity contribution >= 4 is 21.4 Å². The van der Waals surface area contributed by atoms with Crippen molar-refractivity contribution in [2.75, 3.05) is 6.54 Å². The molecule has 0 aliphatic rings. The van der Waals surface area contributed by atoms with Crippen molar-refractivity contribution in [1.82, 2.24) is 9.71 Å². The maximum absolute atomic E-state index is 12.3. The first-order chi connectivity index (χ1) is 10.7. The Labute approximate surface area is 132 Å². The Hall–Kier alpha value is -1.96. The standard InChI is InChI=1S/C15H14N2O3S2/c18-22(19,12-4-1-7-16-10-12)17-11-13(14-5-2-8-20-14)15-6-3-9-21-15/h1-10,13,17H,11H2. The first-order valence-electron chi connectivity index (χ1n) is 6.63. The lowest BCUT2D eigenvalue weighted by Gasteiger charge is -2.14. The maximum atomic E-state index is 12.3. The summed E-state index contributed by atoms with van der Waals surface area (Å²) in [5, 5.41) is 1.96. The number of furan rings is 1. The number of rotatable bonds is 6. The lowest BCUT2D eigenvalue weighted by atomic mass is 10.1. The van der Waals surface area contributed by atoms with Crippen LogP contribution in [0.1, 0.15) is 16.6 Å². The van der Waals surface area contributed by atoms with Crippen LogP contribution in [0, 0.1) is 0 Å². The van der Waals surface area contributed by atoms with Crippen molar-refractivity contribution in [3.63, 3.8) is 0 Å². The normalized spacial score (nSPS) is 13.1. The number of hydrogen-bond acceptors (Lipinski definition) is 5. The summed E-state index contributed by atoms with van der Waals surface area (Å²) in [5.74, 6) is 0.581. The topological polar surface area (TPSA) is 72.2 Å². The smallest absolute Gasteiger partial charge is 0.242 e. The van der Waals surface area contributed by atoms with E-state index in [0.717, 1.165) is 10.6 Å². The SMILES string of the molecule is O=S(=O)(NCC(c1ccco1)c1cccs1)c1cccnc1. The van der Waals surface area contributed by atoms with E-state index in [1.807, 2.05) is 23.6 Å². The van der Waals surface area contributed by atoms with E-state index in [-0.39, 0.29) is 17.4 Å². The molecule has 7 heteroatoms. The first kappa shape index (κ1) is 15.0. The molecule has 3 rings (SSSR count). The van der Waals surface area contributed by atoms with Gasteiger partial charge in [0, 0.05) is 23.8 Å². The van der Waals surface area contributed by atoms with Crippen LogP contribution in [0.4, 0.5) is 0 Å². The minimum atomic E-state index is -3.59. The van der Waals surface area contributed by atoms with Gasteiger partial charge in [0.15, 0.2) is 0 Å². The minimum Gasteiger partial charge on any atom is -0.469 e. The second-order valence-corrected chi connectivity index (χ2v) is 7.37. The third-order valence-corrected chi connectivity index (χ3v) is 5.59. The largest absolute Gasteiger partial charge is 0.469 e. The molecule has 1 unspecified atom stereocenters. The van der Waals surface area contributed by atoms with Gasteiger partial charge in [0.2, 0.25) is 10.0 Å². The molecule has 0 saturated carbocycles. The number of pyridine rings is 1. The fraction of sp³-hybridized carbons (Fsp3) is 0.133. The maximum Gasteiger partial charge on any atom is 0.242 e. The minimum absolute atomic E-state index is 0.151. The van der Waals surface area contributed by atoms with Gasteiger partial charge in [-0.05, 0) is 35.7 Å². The summed E-state index contributed by atoms with van der Waals surface area (Å²) in [5.41, 5.74) is 0. The molecule has 1 N–H and O–H groups in total. The molecule has 0 saturated heterocycles. The summed E-state index contributed by atoms with van der Waals surface area (Å²) in [7, 11) is -3.59. The second kappa shape index (κ2) is 6.43. The number of nitrogens with one attached hydrogen (secondary N) is 1. The van der Waals surface area contributed by atoms with E-state index < -0.39 is 10.0 Å². The van der Waals surface area contributed by atoms with E-state index in [0.29, 0.717) is 0 Å². The van der Waals surface area contributed by atoms with Gasteiger partial charge in [-0.3, -0.25) is 4.98 Å². The zero-order valence-corrected chi connectivity index (χ0v) is 13.2. The van der Waals surface area contributed by atoms with E-state index >= 15 is 0 Å². The van der Waals surface area contributed by atoms with Gasteiger partial charge in [0.1, 0.15) is 10.7 Å². The third kappa shape index (κ3) is 3.27. The second-order valence-electron chi connectivity index (χ2n) is 4.62. The summed E-state index contributed by atoms with van der Waals surface area (Å²) >= 11 is 1.57. The Balaban J connectivity index is 1.81. The van der Waals surface area contributed by atoms with Crippen LogP contribution in [0.3, 0.4) is 0 Å². The molecule has 3 heterocycles. The number of aromatic nitrogens is 1. The van der Waals surface area contributed by atoms with Gasteiger partial charge >= 0.3 is 0 Å². The van der Waals surface area contributed by atoms with Crippen LogP contribution in [0.2, 0.25) is 0 Å². The van der Waals surface area contributed by atoms with Gasteiger partial charge in [0.25, 0.3) is 0 Å². The highest BCUT2D eigenvalue weighted by molar-refractivity contribution is 7.89. The predicted molar refractivity (Wildman–Crippen MR) is 84.3 cm³/mol. The van der Waals surface area contributed by atoms with Gasteiger partial charge in [-0.2, -0.15) is 0 Å². The molecule has 0 radical (unpaired) electrons. The summed E-state index contributed by atoms with van der Waals surface area (Å²) < 4.78 is 32.7. The summed E-state index contributed by atoms with van der Waals surface area (Å²) in [6.45, 7) is 0.227.